The van der Waals surface area contributed by atoms with Gasteiger partial charge in [-0.1, -0.05) is 6.92 Å². The van der Waals surface area contributed by atoms with Crippen LogP contribution in [0.4, 0.5) is 4.39 Å². The molecule has 1 atom stereocenters. The van der Waals surface area contributed by atoms with E-state index >= 15 is 0 Å². The molecular formula is C12H15FN4. The van der Waals surface area contributed by atoms with E-state index < -0.39 is 0 Å². The Bertz CT molecular complexity index is 521. The minimum atomic E-state index is -0.387. The fourth-order valence-corrected chi connectivity index (χ4v) is 1.87. The van der Waals surface area contributed by atoms with Crippen LogP contribution in [0.3, 0.4) is 0 Å². The van der Waals surface area contributed by atoms with E-state index in [-0.39, 0.29) is 11.9 Å². The predicted octanol–water partition coefficient (Wildman–Crippen LogP) is 1.56. The molecule has 0 aromatic carbocycles. The summed E-state index contributed by atoms with van der Waals surface area (Å²) in [6.07, 6.45) is 5.42. The molecule has 0 spiro atoms. The summed E-state index contributed by atoms with van der Waals surface area (Å²) < 4.78 is 14.8. The zero-order valence-corrected chi connectivity index (χ0v) is 9.89. The fourth-order valence-electron chi connectivity index (χ4n) is 1.87. The molecule has 5 heteroatoms. The molecule has 0 radical (unpaired) electrons. The first-order valence-corrected chi connectivity index (χ1v) is 5.50. The summed E-state index contributed by atoms with van der Waals surface area (Å²) in [4.78, 5) is 3.81. The number of pyridine rings is 1. The van der Waals surface area contributed by atoms with Crippen LogP contribution in [0.1, 0.15) is 29.8 Å². The van der Waals surface area contributed by atoms with Gasteiger partial charge < -0.3 is 5.73 Å². The van der Waals surface area contributed by atoms with Crippen molar-refractivity contribution in [3.8, 4) is 0 Å². The van der Waals surface area contributed by atoms with Crippen molar-refractivity contribution in [2.24, 2.45) is 12.8 Å². The van der Waals surface area contributed by atoms with Gasteiger partial charge in [0.25, 0.3) is 0 Å². The molecule has 0 fully saturated rings. The molecule has 0 bridgehead atoms. The number of hydrogen-bond donors (Lipinski definition) is 1. The van der Waals surface area contributed by atoms with Crippen molar-refractivity contribution < 1.29 is 4.39 Å². The second-order valence-corrected chi connectivity index (χ2v) is 3.97. The molecular weight excluding hydrogens is 219 g/mol. The first-order chi connectivity index (χ1) is 8.11. The van der Waals surface area contributed by atoms with Crippen LogP contribution >= 0.6 is 0 Å². The Kier molecular flexibility index (Phi) is 3.19. The minimum absolute atomic E-state index is 0.375. The Labute approximate surface area is 99.3 Å². The highest BCUT2D eigenvalue weighted by Gasteiger charge is 2.16. The highest BCUT2D eigenvalue weighted by atomic mass is 19.1. The van der Waals surface area contributed by atoms with E-state index in [0.717, 1.165) is 17.7 Å². The smallest absolute Gasteiger partial charge is 0.141 e. The van der Waals surface area contributed by atoms with Gasteiger partial charge in [-0.25, -0.2) is 4.39 Å². The third-order valence-corrected chi connectivity index (χ3v) is 2.69. The lowest BCUT2D eigenvalue weighted by atomic mass is 10.0. The van der Waals surface area contributed by atoms with Crippen LogP contribution in [0.15, 0.2) is 24.7 Å². The Balaban J connectivity index is 2.39. The highest BCUT2D eigenvalue weighted by Crippen LogP contribution is 2.22. The van der Waals surface area contributed by atoms with Crippen LogP contribution in [-0.2, 0) is 13.5 Å². The van der Waals surface area contributed by atoms with E-state index in [0.29, 0.717) is 5.56 Å². The topological polar surface area (TPSA) is 56.7 Å². The van der Waals surface area contributed by atoms with Gasteiger partial charge in [0.1, 0.15) is 5.82 Å². The van der Waals surface area contributed by atoms with Gasteiger partial charge in [0, 0.05) is 25.0 Å². The lowest BCUT2D eigenvalue weighted by Crippen LogP contribution is -2.13. The van der Waals surface area contributed by atoms with Crippen molar-refractivity contribution in [1.82, 2.24) is 14.8 Å². The average Bonchev–Trinajstić information content (AvgIpc) is 2.69. The van der Waals surface area contributed by atoms with Gasteiger partial charge in [0.15, 0.2) is 0 Å². The number of halogens is 1. The quantitative estimate of drug-likeness (QED) is 0.877. The molecule has 0 aliphatic heterocycles. The van der Waals surface area contributed by atoms with Crippen LogP contribution in [0, 0.1) is 5.82 Å². The van der Waals surface area contributed by atoms with Crippen LogP contribution in [0.5, 0.6) is 0 Å². The van der Waals surface area contributed by atoms with E-state index in [4.69, 9.17) is 5.73 Å². The van der Waals surface area contributed by atoms with Crippen LogP contribution < -0.4 is 5.73 Å². The SMILES string of the molecule is CCc1nn(C)cc1C(N)c1cncc(F)c1. The Hall–Kier alpha value is -1.75. The first kappa shape index (κ1) is 11.7. The maximum absolute atomic E-state index is 13.1. The van der Waals surface area contributed by atoms with E-state index in [2.05, 4.69) is 10.1 Å². The van der Waals surface area contributed by atoms with Gasteiger partial charge >= 0.3 is 0 Å². The van der Waals surface area contributed by atoms with Gasteiger partial charge in [-0.2, -0.15) is 5.10 Å². The first-order valence-electron chi connectivity index (χ1n) is 5.50. The molecule has 0 aliphatic carbocycles. The molecule has 2 rings (SSSR count). The van der Waals surface area contributed by atoms with Gasteiger partial charge in [0.05, 0.1) is 17.9 Å². The molecule has 0 aliphatic rings. The molecule has 4 nitrogen and oxygen atoms in total. The average molecular weight is 234 g/mol. The summed E-state index contributed by atoms with van der Waals surface area (Å²) in [5.74, 6) is -0.375. The summed E-state index contributed by atoms with van der Waals surface area (Å²) in [7, 11) is 1.85. The molecule has 0 amide bonds. The molecule has 2 heterocycles. The summed E-state index contributed by atoms with van der Waals surface area (Å²) in [5.41, 5.74) is 8.63. The van der Waals surface area contributed by atoms with Crippen molar-refractivity contribution in [1.29, 1.82) is 0 Å². The maximum Gasteiger partial charge on any atom is 0.141 e. The van der Waals surface area contributed by atoms with Crippen LogP contribution in [-0.4, -0.2) is 14.8 Å². The van der Waals surface area contributed by atoms with Crippen molar-refractivity contribution in [2.75, 3.05) is 0 Å². The van der Waals surface area contributed by atoms with Crippen molar-refractivity contribution >= 4 is 0 Å². The van der Waals surface area contributed by atoms with Crippen molar-refractivity contribution in [3.05, 3.63) is 47.3 Å². The number of aryl methyl sites for hydroxylation is 2. The molecule has 2 N–H and O–H groups in total. The molecule has 2 aromatic rings. The minimum Gasteiger partial charge on any atom is -0.320 e. The number of aromatic nitrogens is 3. The molecule has 1 unspecified atom stereocenters. The van der Waals surface area contributed by atoms with Crippen LogP contribution in [0.25, 0.3) is 0 Å². The third-order valence-electron chi connectivity index (χ3n) is 2.69. The summed E-state index contributed by atoms with van der Waals surface area (Å²) in [6, 6.07) is 1.02. The number of nitrogens with zero attached hydrogens (tertiary/aromatic N) is 3. The fraction of sp³-hybridized carbons (Fsp3) is 0.333. The van der Waals surface area contributed by atoms with E-state index in [1.807, 2.05) is 20.2 Å². The van der Waals surface area contributed by atoms with Crippen molar-refractivity contribution in [3.63, 3.8) is 0 Å². The van der Waals surface area contributed by atoms with Gasteiger partial charge in [-0.3, -0.25) is 9.67 Å². The zero-order chi connectivity index (χ0) is 12.4. The number of nitrogens with two attached hydrogens (primary N) is 1. The highest BCUT2D eigenvalue weighted by molar-refractivity contribution is 5.31. The predicted molar refractivity (Wildman–Crippen MR) is 62.8 cm³/mol. The van der Waals surface area contributed by atoms with Crippen LogP contribution in [0.2, 0.25) is 0 Å². The second kappa shape index (κ2) is 4.63. The lowest BCUT2D eigenvalue weighted by Gasteiger charge is -2.11. The Morgan fingerprint density at radius 3 is 2.88 bits per heavy atom. The Morgan fingerprint density at radius 1 is 1.47 bits per heavy atom. The van der Waals surface area contributed by atoms with Gasteiger partial charge in [-0.15, -0.1) is 0 Å². The van der Waals surface area contributed by atoms with Gasteiger partial charge in [-0.05, 0) is 18.1 Å². The normalized spacial score (nSPS) is 12.7. The standard InChI is InChI=1S/C12H15FN4/c1-3-11-10(7-17(2)16-11)12(14)8-4-9(13)6-15-5-8/h4-7,12H,3,14H2,1-2H3. The molecule has 17 heavy (non-hydrogen) atoms. The summed E-state index contributed by atoms with van der Waals surface area (Å²) >= 11 is 0. The monoisotopic (exact) mass is 234 g/mol. The summed E-state index contributed by atoms with van der Waals surface area (Å²) in [5, 5.41) is 4.32. The molecule has 2 aromatic heterocycles. The second-order valence-electron chi connectivity index (χ2n) is 3.97. The number of rotatable bonds is 3. The maximum atomic E-state index is 13.1. The largest absolute Gasteiger partial charge is 0.320 e. The number of hydrogen-bond acceptors (Lipinski definition) is 3. The van der Waals surface area contributed by atoms with Crippen molar-refractivity contribution in [2.45, 2.75) is 19.4 Å². The van der Waals surface area contributed by atoms with E-state index in [9.17, 15) is 4.39 Å². The van der Waals surface area contributed by atoms with E-state index in [1.165, 1.54) is 12.3 Å². The molecule has 0 saturated heterocycles. The van der Waals surface area contributed by atoms with E-state index in [1.54, 1.807) is 10.9 Å². The molecule has 90 valence electrons. The Morgan fingerprint density at radius 2 is 2.24 bits per heavy atom. The lowest BCUT2D eigenvalue weighted by molar-refractivity contribution is 0.616. The zero-order valence-electron chi connectivity index (χ0n) is 9.89. The summed E-state index contributed by atoms with van der Waals surface area (Å²) in [6.45, 7) is 2.02. The molecule has 0 saturated carbocycles. The van der Waals surface area contributed by atoms with Gasteiger partial charge in [0.2, 0.25) is 0 Å². The third kappa shape index (κ3) is 2.34.